The topological polar surface area (TPSA) is 105 Å². The molecule has 1 aliphatic heterocycles. The fourth-order valence-corrected chi connectivity index (χ4v) is 6.99. The Morgan fingerprint density at radius 1 is 0.921 bits per heavy atom. The van der Waals surface area contributed by atoms with Gasteiger partial charge in [0.1, 0.15) is 5.75 Å². The molecule has 2 N–H and O–H groups in total. The first-order chi connectivity index (χ1) is 18.0. The molecule has 0 aromatic heterocycles. The molecule has 38 heavy (non-hydrogen) atoms. The summed E-state index contributed by atoms with van der Waals surface area (Å²) >= 11 is 0. The van der Waals surface area contributed by atoms with Crippen LogP contribution in [0.1, 0.15) is 49.7 Å². The summed E-state index contributed by atoms with van der Waals surface area (Å²) < 4.78 is 55.4. The molecule has 2 aliphatic rings. The summed E-state index contributed by atoms with van der Waals surface area (Å²) in [4.78, 5) is 2.79. The van der Waals surface area contributed by atoms with E-state index in [4.69, 9.17) is 4.74 Å². The third-order valence-electron chi connectivity index (χ3n) is 8.11. The number of likely N-dealkylation sites (tertiary alicyclic amines) is 1. The van der Waals surface area contributed by atoms with Gasteiger partial charge in [-0.2, -0.15) is 0 Å². The lowest BCUT2D eigenvalue weighted by molar-refractivity contribution is 0.167. The molecule has 0 spiro atoms. The molecule has 1 heterocycles. The first-order valence-electron chi connectivity index (χ1n) is 13.3. The number of nitrogens with zero attached hydrogens (tertiary/aromatic N) is 1. The van der Waals surface area contributed by atoms with Crippen LogP contribution < -0.4 is 14.8 Å². The number of rotatable bonds is 10. The minimum atomic E-state index is -3.29. The number of sulfone groups is 1. The highest BCUT2D eigenvalue weighted by atomic mass is 32.2. The van der Waals surface area contributed by atoms with E-state index in [0.717, 1.165) is 75.0 Å². The molecule has 2 aromatic rings. The Morgan fingerprint density at radius 2 is 1.55 bits per heavy atom. The summed E-state index contributed by atoms with van der Waals surface area (Å²) in [6.45, 7) is 3.24. The van der Waals surface area contributed by atoms with Crippen LogP contribution in [-0.4, -0.2) is 73.1 Å². The van der Waals surface area contributed by atoms with E-state index in [2.05, 4.69) is 21.0 Å². The number of nitrogens with one attached hydrogen (secondary N) is 2. The average molecular weight is 564 g/mol. The van der Waals surface area contributed by atoms with Gasteiger partial charge in [-0.25, -0.2) is 21.6 Å². The summed E-state index contributed by atoms with van der Waals surface area (Å²) in [5, 5.41) is 3.89. The Labute approximate surface area is 228 Å². The largest absolute Gasteiger partial charge is 0.497 e. The number of methoxy groups -OCH3 is 1. The second-order valence-corrected chi connectivity index (χ2v) is 14.9. The van der Waals surface area contributed by atoms with E-state index in [0.29, 0.717) is 23.5 Å². The van der Waals surface area contributed by atoms with Crippen LogP contribution in [0, 0.1) is 0 Å². The van der Waals surface area contributed by atoms with Gasteiger partial charge in [-0.05, 0) is 87.0 Å². The van der Waals surface area contributed by atoms with Gasteiger partial charge < -0.3 is 10.1 Å². The number of hydrogen-bond acceptors (Lipinski definition) is 7. The Morgan fingerprint density at radius 3 is 2.13 bits per heavy atom. The number of ether oxygens (including phenoxy) is 1. The molecule has 2 fully saturated rings. The zero-order valence-corrected chi connectivity index (χ0v) is 24.3. The maximum Gasteiger partial charge on any atom is 0.208 e. The third kappa shape index (κ3) is 7.79. The summed E-state index contributed by atoms with van der Waals surface area (Å²) in [5.41, 5.74) is 2.02. The zero-order chi connectivity index (χ0) is 27.4. The van der Waals surface area contributed by atoms with Crippen molar-refractivity contribution in [3.05, 3.63) is 59.7 Å². The molecule has 0 atom stereocenters. The van der Waals surface area contributed by atoms with E-state index in [-0.39, 0.29) is 5.41 Å². The predicted octanol–water partition coefficient (Wildman–Crippen LogP) is 3.08. The molecule has 210 valence electrons. The molecular weight excluding hydrogens is 522 g/mol. The second-order valence-electron chi connectivity index (χ2n) is 11.0. The van der Waals surface area contributed by atoms with Gasteiger partial charge in [0.15, 0.2) is 9.84 Å². The Hall–Kier alpha value is -1.98. The summed E-state index contributed by atoms with van der Waals surface area (Å²) in [6.07, 6.45) is 8.41. The lowest BCUT2D eigenvalue weighted by Crippen LogP contribution is -2.50. The van der Waals surface area contributed by atoms with E-state index in [1.807, 2.05) is 30.3 Å². The summed E-state index contributed by atoms with van der Waals surface area (Å²) in [7, 11) is -4.80. The SMILES string of the molecule is COc1cccc(C2(CNS(C)(=O)=O)CCC(NC3CCN(Cc4ccc(S(C)(=O)=O)cc4)CC3)CC2)c1. The number of benzene rings is 2. The van der Waals surface area contributed by atoms with Crippen molar-refractivity contribution >= 4 is 19.9 Å². The maximum atomic E-state index is 11.9. The van der Waals surface area contributed by atoms with E-state index in [9.17, 15) is 16.8 Å². The highest BCUT2D eigenvalue weighted by Gasteiger charge is 2.38. The van der Waals surface area contributed by atoms with Gasteiger partial charge in [0.25, 0.3) is 0 Å². The van der Waals surface area contributed by atoms with Gasteiger partial charge in [0.2, 0.25) is 10.0 Å². The van der Waals surface area contributed by atoms with Gasteiger partial charge in [-0.3, -0.25) is 4.90 Å². The average Bonchev–Trinajstić information content (AvgIpc) is 2.89. The number of hydrogen-bond donors (Lipinski definition) is 2. The van der Waals surface area contributed by atoms with Gasteiger partial charge >= 0.3 is 0 Å². The minimum absolute atomic E-state index is 0.244. The van der Waals surface area contributed by atoms with Crippen LogP contribution in [0.2, 0.25) is 0 Å². The highest BCUT2D eigenvalue weighted by molar-refractivity contribution is 7.90. The Kier molecular flexibility index (Phi) is 9.19. The fraction of sp³-hybridized carbons (Fsp3) is 0.571. The highest BCUT2D eigenvalue weighted by Crippen LogP contribution is 2.40. The maximum absolute atomic E-state index is 11.9. The molecule has 0 radical (unpaired) electrons. The van der Waals surface area contributed by atoms with E-state index in [1.165, 1.54) is 12.5 Å². The molecule has 0 amide bonds. The molecule has 2 aromatic carbocycles. The lowest BCUT2D eigenvalue weighted by Gasteiger charge is -2.43. The van der Waals surface area contributed by atoms with Crippen molar-refractivity contribution < 1.29 is 21.6 Å². The molecule has 1 saturated heterocycles. The molecule has 0 unspecified atom stereocenters. The quantitative estimate of drug-likeness (QED) is 0.458. The Balaban J connectivity index is 1.30. The van der Waals surface area contributed by atoms with Crippen LogP contribution in [0.5, 0.6) is 5.75 Å². The minimum Gasteiger partial charge on any atom is -0.497 e. The fourth-order valence-electron chi connectivity index (χ4n) is 5.82. The number of piperidine rings is 1. The molecule has 8 nitrogen and oxygen atoms in total. The van der Waals surface area contributed by atoms with E-state index >= 15 is 0 Å². The molecule has 1 aliphatic carbocycles. The van der Waals surface area contributed by atoms with Crippen molar-refractivity contribution in [2.45, 2.75) is 67.5 Å². The summed E-state index contributed by atoms with van der Waals surface area (Å²) in [6, 6.07) is 16.1. The van der Waals surface area contributed by atoms with E-state index < -0.39 is 19.9 Å². The molecule has 4 rings (SSSR count). The Bertz CT molecular complexity index is 1280. The first-order valence-corrected chi connectivity index (χ1v) is 17.1. The van der Waals surface area contributed by atoms with Crippen LogP contribution in [-0.2, 0) is 31.8 Å². The second kappa shape index (κ2) is 12.0. The first kappa shape index (κ1) is 29.0. The molecule has 1 saturated carbocycles. The molecular formula is C28H41N3O5S2. The van der Waals surface area contributed by atoms with Crippen LogP contribution in [0.3, 0.4) is 0 Å². The van der Waals surface area contributed by atoms with Crippen LogP contribution in [0.15, 0.2) is 53.4 Å². The van der Waals surface area contributed by atoms with Gasteiger partial charge in [0, 0.05) is 36.8 Å². The number of sulfonamides is 1. The van der Waals surface area contributed by atoms with Crippen molar-refractivity contribution in [3.63, 3.8) is 0 Å². The monoisotopic (exact) mass is 563 g/mol. The van der Waals surface area contributed by atoms with Crippen LogP contribution in [0.25, 0.3) is 0 Å². The van der Waals surface area contributed by atoms with Crippen molar-refractivity contribution in [3.8, 4) is 5.75 Å². The normalized spacial score (nSPS) is 23.8. The van der Waals surface area contributed by atoms with Crippen LogP contribution >= 0.6 is 0 Å². The lowest BCUT2D eigenvalue weighted by atomic mass is 9.68. The third-order valence-corrected chi connectivity index (χ3v) is 9.91. The summed E-state index contributed by atoms with van der Waals surface area (Å²) in [5.74, 6) is 0.791. The van der Waals surface area contributed by atoms with Crippen molar-refractivity contribution in [1.82, 2.24) is 14.9 Å². The van der Waals surface area contributed by atoms with Gasteiger partial charge in [0.05, 0.1) is 18.3 Å². The van der Waals surface area contributed by atoms with Crippen molar-refractivity contribution in [2.75, 3.05) is 39.3 Å². The predicted molar refractivity (Wildman–Crippen MR) is 151 cm³/mol. The van der Waals surface area contributed by atoms with Crippen LogP contribution in [0.4, 0.5) is 0 Å². The standard InChI is InChI=1S/C28H41N3O5S2/c1-36-26-6-4-5-23(19-26)28(21-29-38(3,34)35)15-11-24(12-16-28)30-25-13-17-31(18-14-25)20-22-7-9-27(10-8-22)37(2,32)33/h4-10,19,24-25,29-30H,11-18,20-21H2,1-3H3. The van der Waals surface area contributed by atoms with Gasteiger partial charge in [-0.1, -0.05) is 24.3 Å². The molecule has 10 heteroatoms. The zero-order valence-electron chi connectivity index (χ0n) is 22.6. The van der Waals surface area contributed by atoms with Crippen molar-refractivity contribution in [1.29, 1.82) is 0 Å². The van der Waals surface area contributed by atoms with E-state index in [1.54, 1.807) is 19.2 Å². The smallest absolute Gasteiger partial charge is 0.208 e. The van der Waals surface area contributed by atoms with Crippen molar-refractivity contribution in [2.24, 2.45) is 0 Å². The van der Waals surface area contributed by atoms with Gasteiger partial charge in [-0.15, -0.1) is 0 Å². The molecule has 0 bridgehead atoms.